The minimum Gasteiger partial charge on any atom is -0.481 e. The molecule has 3 rings (SSSR count). The van der Waals surface area contributed by atoms with Crippen LogP contribution < -0.4 is 0 Å². The Bertz CT molecular complexity index is 343. The molecule has 2 saturated heterocycles. The number of rotatable bonds is 4. The lowest BCUT2D eigenvalue weighted by atomic mass is 9.78. The molecule has 2 heterocycles. The third kappa shape index (κ3) is 2.74. The second-order valence-electron chi connectivity index (χ2n) is 7.29. The van der Waals surface area contributed by atoms with Gasteiger partial charge in [-0.15, -0.1) is 0 Å². The lowest BCUT2D eigenvalue weighted by molar-refractivity contribution is -0.138. The Hall–Kier alpha value is -0.570. The molecule has 20 heavy (non-hydrogen) atoms. The number of piperidine rings is 1. The molecule has 2 bridgehead atoms. The number of hydrogen-bond donors (Lipinski definition) is 1. The van der Waals surface area contributed by atoms with E-state index in [0.29, 0.717) is 24.4 Å². The van der Waals surface area contributed by atoms with Crippen molar-refractivity contribution in [3.8, 4) is 0 Å². The molecule has 3 heteroatoms. The van der Waals surface area contributed by atoms with Gasteiger partial charge in [-0.05, 0) is 50.4 Å². The van der Waals surface area contributed by atoms with Crippen molar-refractivity contribution in [2.75, 3.05) is 0 Å². The maximum absolute atomic E-state index is 11.0. The first-order chi connectivity index (χ1) is 9.69. The molecule has 0 aromatic rings. The first-order valence-corrected chi connectivity index (χ1v) is 8.68. The average Bonchev–Trinajstić information content (AvgIpc) is 2.69. The van der Waals surface area contributed by atoms with Gasteiger partial charge in [-0.25, -0.2) is 0 Å². The molecule has 0 aromatic carbocycles. The zero-order chi connectivity index (χ0) is 14.1. The van der Waals surface area contributed by atoms with Crippen LogP contribution in [0.1, 0.15) is 71.1 Å². The lowest BCUT2D eigenvalue weighted by Gasteiger charge is -2.47. The fourth-order valence-corrected chi connectivity index (χ4v) is 5.34. The second-order valence-corrected chi connectivity index (χ2v) is 7.29. The standard InChI is InChI=1S/C17H29NO2/c1-2-13-5-3-4-6-16(13)18-14-7-8-15(18)10-12(9-14)11-17(19)20/h12-16H,2-11H2,1H3,(H,19,20). The smallest absolute Gasteiger partial charge is 0.303 e. The number of fused-ring (bicyclic) bond motifs is 2. The normalized spacial score (nSPS) is 41.8. The minimum absolute atomic E-state index is 0.392. The van der Waals surface area contributed by atoms with E-state index in [1.807, 2.05) is 0 Å². The van der Waals surface area contributed by atoms with Crippen molar-refractivity contribution in [3.63, 3.8) is 0 Å². The van der Waals surface area contributed by atoms with Crippen molar-refractivity contribution in [1.82, 2.24) is 4.90 Å². The summed E-state index contributed by atoms with van der Waals surface area (Å²) in [6, 6.07) is 2.18. The summed E-state index contributed by atoms with van der Waals surface area (Å²) in [6.45, 7) is 2.35. The molecule has 3 nitrogen and oxygen atoms in total. The fraction of sp³-hybridized carbons (Fsp3) is 0.941. The van der Waals surface area contributed by atoms with E-state index in [-0.39, 0.29) is 0 Å². The summed E-state index contributed by atoms with van der Waals surface area (Å²) in [5, 5.41) is 9.04. The van der Waals surface area contributed by atoms with Crippen LogP contribution in [0.2, 0.25) is 0 Å². The molecule has 0 aromatic heterocycles. The summed E-state index contributed by atoms with van der Waals surface area (Å²) in [7, 11) is 0. The zero-order valence-corrected chi connectivity index (χ0v) is 12.8. The first kappa shape index (κ1) is 14.4. The highest BCUT2D eigenvalue weighted by Gasteiger charge is 2.45. The van der Waals surface area contributed by atoms with E-state index >= 15 is 0 Å². The molecule has 0 amide bonds. The van der Waals surface area contributed by atoms with Gasteiger partial charge in [0, 0.05) is 24.5 Å². The number of hydrogen-bond acceptors (Lipinski definition) is 2. The monoisotopic (exact) mass is 279 g/mol. The molecule has 2 aliphatic heterocycles. The van der Waals surface area contributed by atoms with Crippen molar-refractivity contribution in [1.29, 1.82) is 0 Å². The van der Waals surface area contributed by atoms with Crippen molar-refractivity contribution in [2.45, 2.75) is 89.3 Å². The van der Waals surface area contributed by atoms with E-state index < -0.39 is 5.97 Å². The Morgan fingerprint density at radius 2 is 1.75 bits per heavy atom. The Morgan fingerprint density at radius 3 is 2.35 bits per heavy atom. The minimum atomic E-state index is -0.605. The summed E-state index contributed by atoms with van der Waals surface area (Å²) in [5.74, 6) is 0.722. The predicted molar refractivity (Wildman–Crippen MR) is 79.7 cm³/mol. The Labute approximate surface area is 122 Å². The van der Waals surface area contributed by atoms with Crippen LogP contribution in [0, 0.1) is 11.8 Å². The third-order valence-corrected chi connectivity index (χ3v) is 6.13. The molecule has 1 N–H and O–H groups in total. The quantitative estimate of drug-likeness (QED) is 0.853. The topological polar surface area (TPSA) is 40.5 Å². The van der Waals surface area contributed by atoms with Gasteiger partial charge in [0.05, 0.1) is 0 Å². The van der Waals surface area contributed by atoms with E-state index in [1.54, 1.807) is 0 Å². The largest absolute Gasteiger partial charge is 0.481 e. The predicted octanol–water partition coefficient (Wildman–Crippen LogP) is 3.67. The molecule has 4 atom stereocenters. The summed E-state index contributed by atoms with van der Waals surface area (Å²) >= 11 is 0. The van der Waals surface area contributed by atoms with Gasteiger partial charge < -0.3 is 5.11 Å². The van der Waals surface area contributed by atoms with Crippen LogP contribution in [-0.4, -0.2) is 34.1 Å². The number of carbonyl (C=O) groups is 1. The first-order valence-electron chi connectivity index (χ1n) is 8.68. The van der Waals surface area contributed by atoms with Gasteiger partial charge in [-0.2, -0.15) is 0 Å². The molecule has 0 radical (unpaired) electrons. The molecular formula is C17H29NO2. The van der Waals surface area contributed by atoms with Crippen LogP contribution in [0.5, 0.6) is 0 Å². The highest BCUT2D eigenvalue weighted by atomic mass is 16.4. The van der Waals surface area contributed by atoms with Crippen LogP contribution in [0.25, 0.3) is 0 Å². The summed E-state index contributed by atoms with van der Waals surface area (Å²) in [5.41, 5.74) is 0. The third-order valence-electron chi connectivity index (χ3n) is 6.13. The van der Waals surface area contributed by atoms with Gasteiger partial charge in [0.2, 0.25) is 0 Å². The highest BCUT2D eigenvalue weighted by molar-refractivity contribution is 5.67. The molecule has 0 spiro atoms. The van der Waals surface area contributed by atoms with E-state index in [2.05, 4.69) is 11.8 Å². The average molecular weight is 279 g/mol. The Balaban J connectivity index is 1.68. The fourth-order valence-electron chi connectivity index (χ4n) is 5.34. The SMILES string of the molecule is CCC1CCCCC1N1C2CCC1CC(CC(=O)O)C2. The van der Waals surface area contributed by atoms with Gasteiger partial charge in [-0.3, -0.25) is 9.69 Å². The van der Waals surface area contributed by atoms with Gasteiger partial charge in [-0.1, -0.05) is 26.2 Å². The van der Waals surface area contributed by atoms with Crippen LogP contribution in [0.3, 0.4) is 0 Å². The molecule has 3 aliphatic rings. The maximum Gasteiger partial charge on any atom is 0.303 e. The molecule has 1 aliphatic carbocycles. The van der Waals surface area contributed by atoms with Gasteiger partial charge >= 0.3 is 5.97 Å². The number of nitrogens with zero attached hydrogens (tertiary/aromatic N) is 1. The highest BCUT2D eigenvalue weighted by Crippen LogP contribution is 2.45. The van der Waals surface area contributed by atoms with E-state index in [0.717, 1.165) is 24.8 Å². The summed E-state index contributed by atoms with van der Waals surface area (Å²) in [6.07, 6.45) is 12.2. The van der Waals surface area contributed by atoms with Crippen LogP contribution >= 0.6 is 0 Å². The van der Waals surface area contributed by atoms with Crippen molar-refractivity contribution in [2.24, 2.45) is 11.8 Å². The van der Waals surface area contributed by atoms with E-state index in [4.69, 9.17) is 5.11 Å². The number of carboxylic acid groups (broad SMARTS) is 1. The maximum atomic E-state index is 11.0. The zero-order valence-electron chi connectivity index (χ0n) is 12.8. The van der Waals surface area contributed by atoms with Crippen molar-refractivity contribution in [3.05, 3.63) is 0 Å². The molecular weight excluding hydrogens is 250 g/mol. The van der Waals surface area contributed by atoms with Crippen LogP contribution in [-0.2, 0) is 4.79 Å². The summed E-state index contributed by atoms with van der Waals surface area (Å²) < 4.78 is 0. The van der Waals surface area contributed by atoms with E-state index in [9.17, 15) is 4.79 Å². The van der Waals surface area contributed by atoms with Gasteiger partial charge in [0.1, 0.15) is 0 Å². The molecule has 3 fully saturated rings. The second kappa shape index (κ2) is 6.05. The van der Waals surface area contributed by atoms with Gasteiger partial charge in [0.15, 0.2) is 0 Å². The number of carboxylic acids is 1. The summed E-state index contributed by atoms with van der Waals surface area (Å²) in [4.78, 5) is 13.8. The van der Waals surface area contributed by atoms with Crippen molar-refractivity contribution < 1.29 is 9.90 Å². The van der Waals surface area contributed by atoms with Crippen LogP contribution in [0.15, 0.2) is 0 Å². The molecule has 1 saturated carbocycles. The van der Waals surface area contributed by atoms with Crippen molar-refractivity contribution >= 4 is 5.97 Å². The molecule has 114 valence electrons. The van der Waals surface area contributed by atoms with Crippen LogP contribution in [0.4, 0.5) is 0 Å². The number of aliphatic carboxylic acids is 1. The Kier molecular flexibility index (Phi) is 4.34. The van der Waals surface area contributed by atoms with Gasteiger partial charge in [0.25, 0.3) is 0 Å². The Morgan fingerprint density at radius 1 is 1.10 bits per heavy atom. The molecule has 4 unspecified atom stereocenters. The lowest BCUT2D eigenvalue weighted by Crippen LogP contribution is -2.52. The van der Waals surface area contributed by atoms with E-state index in [1.165, 1.54) is 44.9 Å².